The Morgan fingerprint density at radius 1 is 0.737 bits per heavy atom. The van der Waals surface area contributed by atoms with Crippen molar-refractivity contribution in [3.8, 4) is 0 Å². The summed E-state index contributed by atoms with van der Waals surface area (Å²) in [5.74, 6) is 0.463. The molecule has 0 saturated carbocycles. The van der Waals surface area contributed by atoms with Gasteiger partial charge in [-0.3, -0.25) is 4.79 Å². The molecule has 0 unspecified atom stereocenters. The number of carbonyl (C=O) groups is 1. The fourth-order valence-corrected chi connectivity index (χ4v) is 2.35. The minimum Gasteiger partial charge on any atom is -0.309 e. The standard InChI is InChI=1S/C17H35NO/c1-4-5-6-7-8-9-10-11-12-14-17(19)15-13-16-18(2)3/h4-16H2,1-3H3. The lowest BCUT2D eigenvalue weighted by Crippen LogP contribution is -2.14. The van der Waals surface area contributed by atoms with Gasteiger partial charge in [0.05, 0.1) is 0 Å². The van der Waals surface area contributed by atoms with Crippen molar-refractivity contribution in [2.24, 2.45) is 0 Å². The predicted octanol–water partition coefficient (Wildman–Crippen LogP) is 4.82. The van der Waals surface area contributed by atoms with Gasteiger partial charge in [0.2, 0.25) is 0 Å². The van der Waals surface area contributed by atoms with Crippen LogP contribution in [-0.4, -0.2) is 31.3 Å². The second kappa shape index (κ2) is 14.0. The monoisotopic (exact) mass is 269 g/mol. The lowest BCUT2D eigenvalue weighted by atomic mass is 10.0. The summed E-state index contributed by atoms with van der Waals surface area (Å²) in [6.07, 6.45) is 14.5. The molecular formula is C17H35NO. The van der Waals surface area contributed by atoms with Crippen LogP contribution >= 0.6 is 0 Å². The first-order valence-electron chi connectivity index (χ1n) is 8.33. The van der Waals surface area contributed by atoms with Crippen LogP contribution in [0.25, 0.3) is 0 Å². The van der Waals surface area contributed by atoms with Crippen molar-refractivity contribution in [3.63, 3.8) is 0 Å². The molecule has 0 aromatic rings. The van der Waals surface area contributed by atoms with Crippen molar-refractivity contribution in [1.82, 2.24) is 4.90 Å². The quantitative estimate of drug-likeness (QED) is 0.421. The Hall–Kier alpha value is -0.370. The van der Waals surface area contributed by atoms with Gasteiger partial charge >= 0.3 is 0 Å². The summed E-state index contributed by atoms with van der Waals surface area (Å²) in [6, 6.07) is 0. The van der Waals surface area contributed by atoms with Crippen molar-refractivity contribution in [1.29, 1.82) is 0 Å². The van der Waals surface area contributed by atoms with Gasteiger partial charge in [-0.05, 0) is 33.5 Å². The highest BCUT2D eigenvalue weighted by Gasteiger charge is 2.02. The molecule has 0 aliphatic rings. The van der Waals surface area contributed by atoms with Gasteiger partial charge in [-0.15, -0.1) is 0 Å². The van der Waals surface area contributed by atoms with Crippen LogP contribution in [0.5, 0.6) is 0 Å². The summed E-state index contributed by atoms with van der Waals surface area (Å²) in [5, 5.41) is 0. The van der Waals surface area contributed by atoms with Crippen molar-refractivity contribution < 1.29 is 4.79 Å². The maximum absolute atomic E-state index is 11.6. The maximum atomic E-state index is 11.6. The van der Waals surface area contributed by atoms with Gasteiger partial charge in [0.1, 0.15) is 5.78 Å². The van der Waals surface area contributed by atoms with Crippen LogP contribution in [0, 0.1) is 0 Å². The highest BCUT2D eigenvalue weighted by atomic mass is 16.1. The highest BCUT2D eigenvalue weighted by Crippen LogP contribution is 2.11. The van der Waals surface area contributed by atoms with Gasteiger partial charge in [-0.1, -0.05) is 58.3 Å². The van der Waals surface area contributed by atoms with Gasteiger partial charge < -0.3 is 4.90 Å². The lowest BCUT2D eigenvalue weighted by molar-refractivity contribution is -0.119. The average Bonchev–Trinajstić information content (AvgIpc) is 2.36. The maximum Gasteiger partial charge on any atom is 0.132 e. The summed E-state index contributed by atoms with van der Waals surface area (Å²) in [6.45, 7) is 3.29. The smallest absolute Gasteiger partial charge is 0.132 e. The second-order valence-corrected chi connectivity index (χ2v) is 6.02. The predicted molar refractivity (Wildman–Crippen MR) is 84.6 cm³/mol. The summed E-state index contributed by atoms with van der Waals surface area (Å²) in [5.41, 5.74) is 0. The van der Waals surface area contributed by atoms with Crippen LogP contribution in [0.1, 0.15) is 84.0 Å². The van der Waals surface area contributed by atoms with E-state index in [9.17, 15) is 4.79 Å². The van der Waals surface area contributed by atoms with Crippen LogP contribution < -0.4 is 0 Å². The number of rotatable bonds is 14. The molecular weight excluding hydrogens is 234 g/mol. The largest absolute Gasteiger partial charge is 0.309 e. The van der Waals surface area contributed by atoms with Crippen molar-refractivity contribution >= 4 is 5.78 Å². The van der Waals surface area contributed by atoms with Crippen LogP contribution in [0.2, 0.25) is 0 Å². The molecule has 2 heteroatoms. The SMILES string of the molecule is CCCCCCCCCCCC(=O)CCCN(C)C. The summed E-state index contributed by atoms with van der Waals surface area (Å²) in [4.78, 5) is 13.8. The molecule has 0 rings (SSSR count). The lowest BCUT2D eigenvalue weighted by Gasteiger charge is -2.08. The average molecular weight is 269 g/mol. The minimum absolute atomic E-state index is 0.463. The number of hydrogen-bond donors (Lipinski definition) is 0. The highest BCUT2D eigenvalue weighted by molar-refractivity contribution is 5.78. The van der Waals surface area contributed by atoms with E-state index >= 15 is 0 Å². The molecule has 0 N–H and O–H groups in total. The number of nitrogens with zero attached hydrogens (tertiary/aromatic N) is 1. The van der Waals surface area contributed by atoms with E-state index in [2.05, 4.69) is 25.9 Å². The van der Waals surface area contributed by atoms with Crippen LogP contribution in [0.15, 0.2) is 0 Å². The zero-order valence-corrected chi connectivity index (χ0v) is 13.5. The van der Waals surface area contributed by atoms with Crippen LogP contribution in [0.3, 0.4) is 0 Å². The van der Waals surface area contributed by atoms with E-state index in [0.717, 1.165) is 32.2 Å². The molecule has 0 amide bonds. The molecule has 0 heterocycles. The number of Topliss-reactive ketones (excluding diaryl/α,β-unsaturated/α-hetero) is 1. The zero-order valence-electron chi connectivity index (χ0n) is 13.5. The van der Waals surface area contributed by atoms with Gasteiger partial charge in [0.25, 0.3) is 0 Å². The zero-order chi connectivity index (χ0) is 14.3. The molecule has 0 aliphatic carbocycles. The van der Waals surface area contributed by atoms with Gasteiger partial charge in [-0.2, -0.15) is 0 Å². The van der Waals surface area contributed by atoms with Crippen LogP contribution in [-0.2, 0) is 4.79 Å². The Morgan fingerprint density at radius 2 is 1.21 bits per heavy atom. The van der Waals surface area contributed by atoms with Crippen LogP contribution in [0.4, 0.5) is 0 Å². The number of carbonyl (C=O) groups excluding carboxylic acids is 1. The van der Waals surface area contributed by atoms with Crippen molar-refractivity contribution in [2.75, 3.05) is 20.6 Å². The topological polar surface area (TPSA) is 20.3 Å². The first-order valence-corrected chi connectivity index (χ1v) is 8.33. The Morgan fingerprint density at radius 3 is 1.74 bits per heavy atom. The van der Waals surface area contributed by atoms with Gasteiger partial charge in [-0.25, -0.2) is 0 Å². The van der Waals surface area contributed by atoms with E-state index in [4.69, 9.17) is 0 Å². The Balaban J connectivity index is 3.14. The fraction of sp³-hybridized carbons (Fsp3) is 0.941. The first-order chi connectivity index (χ1) is 9.16. The third-order valence-corrected chi connectivity index (χ3v) is 3.62. The molecule has 0 aromatic carbocycles. The first kappa shape index (κ1) is 18.6. The third-order valence-electron chi connectivity index (χ3n) is 3.62. The number of ketones is 1. The molecule has 0 aromatic heterocycles. The Bertz CT molecular complexity index is 201. The normalized spacial score (nSPS) is 11.2. The molecule has 0 spiro atoms. The Labute approximate surface area is 120 Å². The van der Waals surface area contributed by atoms with E-state index in [0.29, 0.717) is 5.78 Å². The molecule has 0 atom stereocenters. The van der Waals surface area contributed by atoms with Crippen molar-refractivity contribution in [2.45, 2.75) is 84.0 Å². The molecule has 2 nitrogen and oxygen atoms in total. The molecule has 0 saturated heterocycles. The molecule has 19 heavy (non-hydrogen) atoms. The van der Waals surface area contributed by atoms with E-state index < -0.39 is 0 Å². The molecule has 0 bridgehead atoms. The van der Waals surface area contributed by atoms with E-state index in [1.807, 2.05) is 0 Å². The summed E-state index contributed by atoms with van der Waals surface area (Å²) < 4.78 is 0. The van der Waals surface area contributed by atoms with E-state index in [1.165, 1.54) is 51.4 Å². The molecule has 0 fully saturated rings. The van der Waals surface area contributed by atoms with Crippen molar-refractivity contribution in [3.05, 3.63) is 0 Å². The summed E-state index contributed by atoms with van der Waals surface area (Å²) in [7, 11) is 4.12. The van der Waals surface area contributed by atoms with Gasteiger partial charge in [0, 0.05) is 12.8 Å². The van der Waals surface area contributed by atoms with E-state index in [1.54, 1.807) is 0 Å². The number of hydrogen-bond acceptors (Lipinski definition) is 2. The summed E-state index contributed by atoms with van der Waals surface area (Å²) >= 11 is 0. The molecule has 0 radical (unpaired) electrons. The van der Waals surface area contributed by atoms with E-state index in [-0.39, 0.29) is 0 Å². The number of unbranched alkanes of at least 4 members (excludes halogenated alkanes) is 8. The second-order valence-electron chi connectivity index (χ2n) is 6.02. The van der Waals surface area contributed by atoms with Gasteiger partial charge in [0.15, 0.2) is 0 Å². The fourth-order valence-electron chi connectivity index (χ4n) is 2.35. The third kappa shape index (κ3) is 15.6. The Kier molecular flexibility index (Phi) is 13.8. The molecule has 0 aliphatic heterocycles. The minimum atomic E-state index is 0.463. The molecule has 114 valence electrons.